The van der Waals surface area contributed by atoms with Gasteiger partial charge in [0, 0.05) is 76.1 Å². The van der Waals surface area contributed by atoms with Crippen LogP contribution in [0.15, 0.2) is 164 Å². The Kier molecular flexibility index (Phi) is 18.9. The smallest absolute Gasteiger partial charge is 0.264 e. The quantitative estimate of drug-likeness (QED) is 0.141. The zero-order valence-corrected chi connectivity index (χ0v) is 86.2. The van der Waals surface area contributed by atoms with E-state index in [9.17, 15) is 0 Å². The van der Waals surface area contributed by atoms with E-state index in [0.29, 0.717) is 23.7 Å². The highest BCUT2D eigenvalue weighted by molar-refractivity contribution is 7.30. The molecule has 0 radical (unpaired) electrons. The summed E-state index contributed by atoms with van der Waals surface area (Å²) in [6, 6.07) is 69.0. The predicted octanol–water partition coefficient (Wildman–Crippen LogP) is 30.6. The number of anilines is 12. The highest BCUT2D eigenvalue weighted by Crippen LogP contribution is 2.69. The Morgan fingerprint density at radius 2 is 0.746 bits per heavy atom. The van der Waals surface area contributed by atoms with Gasteiger partial charge < -0.3 is 19.6 Å². The van der Waals surface area contributed by atoms with E-state index in [1.54, 1.807) is 52.7 Å². The van der Waals surface area contributed by atoms with Crippen LogP contribution in [0.2, 0.25) is 0 Å². The van der Waals surface area contributed by atoms with Gasteiger partial charge in [-0.1, -0.05) is 272 Å². The molecule has 0 N–H and O–H groups in total. The van der Waals surface area contributed by atoms with Gasteiger partial charge in [-0.3, -0.25) is 0 Å². The molecule has 9 aromatic carbocycles. The number of hydrogen-bond acceptors (Lipinski definition) is 6. The molecule has 2 aromatic heterocycles. The lowest BCUT2D eigenvalue weighted by Gasteiger charge is -2.62. The molecule has 11 aromatic rings. The van der Waals surface area contributed by atoms with E-state index >= 15 is 0 Å². The van der Waals surface area contributed by atoms with Gasteiger partial charge in [0.15, 0.2) is 0 Å². The monoisotopic (exact) mass is 1750 g/mol. The number of rotatable bonds is 8. The highest BCUT2D eigenvalue weighted by atomic mass is 32.1. The third-order valence-electron chi connectivity index (χ3n) is 36.3. The summed E-state index contributed by atoms with van der Waals surface area (Å²) in [4.78, 5) is 14.6. The molecule has 8 heteroatoms. The van der Waals surface area contributed by atoms with E-state index in [1.165, 1.54) is 211 Å². The molecule has 130 heavy (non-hydrogen) atoms. The van der Waals surface area contributed by atoms with Crippen molar-refractivity contribution >= 4 is 136 Å². The molecule has 3 unspecified atom stereocenters. The van der Waals surface area contributed by atoms with Crippen LogP contribution in [0, 0.1) is 37.5 Å². The lowest BCUT2D eigenvalue weighted by molar-refractivity contribution is -0.0671. The molecule has 12 aliphatic rings. The van der Waals surface area contributed by atoms with Gasteiger partial charge >= 0.3 is 0 Å². The van der Waals surface area contributed by atoms with Crippen LogP contribution in [-0.2, 0) is 70.4 Å². The molecular weight excluding hydrogens is 1610 g/mol. The maximum Gasteiger partial charge on any atom is 0.264 e. The van der Waals surface area contributed by atoms with Crippen LogP contribution in [0.25, 0.3) is 11.1 Å². The summed E-state index contributed by atoms with van der Waals surface area (Å²) >= 11 is 4.40. The summed E-state index contributed by atoms with van der Waals surface area (Å²) in [6.45, 7) is 72.6. The maximum atomic E-state index is 2.94. The molecule has 672 valence electrons. The SMILES string of the molecule is Cc1cc2c3c(c1)N(c1ccc(C(C)(C)C)cc1)c1c(sc4c1C(C)(C)CCC4(C)C)B3c1cc3c(cc1N2c1ccc(C(C)(C)C)cc1C)C(C)(C)CCC3(C)CC1C2CC3CC1CC(c1cc4c5c(c1)N(c1ccc(C(C)(C)C)cc1)c1c(sc6c1C(C)(C)CCC6(C)C)B5c1cc5c(cc1N4c1ccc(C(C)(C)C)cc1-c1ccccc1)C(C)(C)CCC5(C)C)(C3)C2. The molecule has 0 amide bonds. The average Bonchev–Trinajstić information content (AvgIpc) is 1.36. The van der Waals surface area contributed by atoms with Gasteiger partial charge in [-0.2, -0.15) is 22.7 Å². The summed E-state index contributed by atoms with van der Waals surface area (Å²) in [7, 11) is 0. The van der Waals surface area contributed by atoms with Gasteiger partial charge in [0.2, 0.25) is 0 Å². The van der Waals surface area contributed by atoms with Crippen molar-refractivity contribution in [1.29, 1.82) is 0 Å². The summed E-state index contributed by atoms with van der Waals surface area (Å²) in [5.41, 5.74) is 43.9. The van der Waals surface area contributed by atoms with E-state index in [2.05, 4.69) is 407 Å². The van der Waals surface area contributed by atoms with Gasteiger partial charge in [-0.15, -0.1) is 0 Å². The zero-order chi connectivity index (χ0) is 91.9. The molecule has 0 spiro atoms. The Bertz CT molecular complexity index is 6540. The fourth-order valence-electron chi connectivity index (χ4n) is 28.3. The molecule has 23 rings (SSSR count). The largest absolute Gasteiger partial charge is 0.311 e. The minimum Gasteiger partial charge on any atom is -0.311 e. The zero-order valence-electron chi connectivity index (χ0n) is 84.6. The lowest BCUT2D eigenvalue weighted by Crippen LogP contribution is -2.61. The van der Waals surface area contributed by atoms with Crippen LogP contribution in [0.3, 0.4) is 0 Å². The van der Waals surface area contributed by atoms with Crippen molar-refractivity contribution in [2.45, 2.75) is 361 Å². The van der Waals surface area contributed by atoms with Crippen molar-refractivity contribution < 1.29 is 0 Å². The third-order valence-corrected chi connectivity index (χ3v) is 39.5. The first-order valence-electron chi connectivity index (χ1n) is 50.6. The summed E-state index contributed by atoms with van der Waals surface area (Å²) in [5.74, 6) is 2.53. The predicted molar refractivity (Wildman–Crippen MR) is 565 cm³/mol. The van der Waals surface area contributed by atoms with Gasteiger partial charge in [-0.25, -0.2) is 0 Å². The first kappa shape index (κ1) is 87.1. The maximum absolute atomic E-state index is 2.94. The van der Waals surface area contributed by atoms with Gasteiger partial charge in [0.1, 0.15) is 0 Å². The standard InChI is InChI=1S/C122H146B2N4S2/c1-71-55-96-102-97(56-71)127(92-45-39-79(57-72(92)2)112(9,10)11)94-66-88-89(64-91(94)124(102)108-104(100-106(129-108)119(25,26)51-49-117(100,21)22)125(96)82-41-35-77(36-42-82)110(3,4)5)121(29,54-53-116(88,19)20)70-85-75-58-73-59-76(85)69-122(67-73,68-75)81-61-98-103-99(62-81)128(93-46-40-80(113(12,13)14)60-84(93)74-33-31-30-32-34-74)95-65-87-86(114(15,16)47-48-115(87,17)18)63-90(95)123(103)109-105(101-107(130-109)120(27,28)52-50-118(101,23)24)126(98)83-43-37-78(38-44-83)111(6,7)8/h30-46,55-57,60-66,73,75-76,85H,47-54,58-59,67-70H2,1-29H3. The van der Waals surface area contributed by atoms with Crippen molar-refractivity contribution in [2.75, 3.05) is 19.6 Å². The first-order chi connectivity index (χ1) is 60.8. The Morgan fingerprint density at radius 3 is 1.22 bits per heavy atom. The van der Waals surface area contributed by atoms with E-state index in [0.717, 1.165) is 19.3 Å². The van der Waals surface area contributed by atoms with E-state index < -0.39 is 0 Å². The number of fused-ring (bicyclic) bond motifs is 14. The number of aryl methyl sites for hydroxylation is 2. The Morgan fingerprint density at radius 1 is 0.354 bits per heavy atom. The molecule has 4 fully saturated rings. The van der Waals surface area contributed by atoms with E-state index in [-0.39, 0.29) is 83.8 Å². The highest BCUT2D eigenvalue weighted by Gasteiger charge is 2.61. The first-order valence-corrected chi connectivity index (χ1v) is 52.2. The molecule has 6 heterocycles. The average molecular weight is 1750 g/mol. The topological polar surface area (TPSA) is 13.0 Å². The van der Waals surface area contributed by atoms with Crippen molar-refractivity contribution in [2.24, 2.45) is 23.7 Å². The lowest BCUT2D eigenvalue weighted by atomic mass is 9.35. The van der Waals surface area contributed by atoms with E-state index in [1.807, 2.05) is 0 Å². The van der Waals surface area contributed by atoms with Gasteiger partial charge in [0.05, 0.1) is 17.1 Å². The van der Waals surface area contributed by atoms with E-state index in [4.69, 9.17) is 0 Å². The second-order valence-electron chi connectivity index (χ2n) is 52.9. The van der Waals surface area contributed by atoms with Crippen LogP contribution in [0.1, 0.15) is 359 Å². The summed E-state index contributed by atoms with van der Waals surface area (Å²) in [6.07, 6.45) is 17.0. The second kappa shape index (κ2) is 28.2. The minimum atomic E-state index is -0.0649. The number of hydrogen-bond donors (Lipinski definition) is 0. The molecule has 3 atom stereocenters. The molecule has 4 nitrogen and oxygen atoms in total. The van der Waals surface area contributed by atoms with Crippen molar-refractivity contribution in [1.82, 2.24) is 0 Å². The van der Waals surface area contributed by atoms with Crippen LogP contribution < -0.4 is 51.0 Å². The number of nitrogens with zero attached hydrogens (tertiary/aromatic N) is 4. The Labute approximate surface area is 791 Å². The third kappa shape index (κ3) is 13.0. The molecule has 4 bridgehead atoms. The molecule has 4 aliphatic heterocycles. The number of benzene rings is 9. The molecular formula is C122H146B2N4S2. The number of thiophene rings is 2. The Balaban J connectivity index is 0.743. The normalized spacial score (nSPS) is 24.4. The molecule has 4 saturated carbocycles. The fourth-order valence-corrected chi connectivity index (χ4v) is 31.7. The van der Waals surface area contributed by atoms with Gasteiger partial charge in [-0.05, 0) is 376 Å². The van der Waals surface area contributed by atoms with Crippen LogP contribution in [0.4, 0.5) is 68.2 Å². The van der Waals surface area contributed by atoms with Gasteiger partial charge in [0.25, 0.3) is 13.4 Å². The van der Waals surface area contributed by atoms with Crippen LogP contribution in [0.5, 0.6) is 0 Å². The van der Waals surface area contributed by atoms with Crippen molar-refractivity contribution in [3.8, 4) is 11.1 Å². The van der Waals surface area contributed by atoms with Crippen LogP contribution in [-0.4, -0.2) is 13.4 Å². The van der Waals surface area contributed by atoms with Crippen LogP contribution >= 0.6 is 22.7 Å². The van der Waals surface area contributed by atoms with Crippen molar-refractivity contribution in [3.05, 3.63) is 246 Å². The summed E-state index contributed by atoms with van der Waals surface area (Å²) < 4.78 is 3.09. The second-order valence-corrected chi connectivity index (χ2v) is 55.0. The fraction of sp³-hybridized carbons (Fsp3) is 0.492. The Hall–Kier alpha value is -8.29. The molecule has 0 saturated heterocycles. The summed E-state index contributed by atoms with van der Waals surface area (Å²) in [5, 5.41) is 0. The molecule has 8 aliphatic carbocycles. The minimum absolute atomic E-state index is 0.00143. The van der Waals surface area contributed by atoms with Crippen molar-refractivity contribution in [3.63, 3.8) is 0 Å².